The molecule has 1 rings (SSSR count). The zero-order chi connectivity index (χ0) is 9.68. The lowest BCUT2D eigenvalue weighted by molar-refractivity contribution is -0.131. The van der Waals surface area contributed by atoms with Crippen LogP contribution >= 0.6 is 11.6 Å². The van der Waals surface area contributed by atoms with Gasteiger partial charge in [0.05, 0.1) is 0 Å². The van der Waals surface area contributed by atoms with Gasteiger partial charge in [0, 0.05) is 25.4 Å². The first-order chi connectivity index (χ1) is 6.27. The van der Waals surface area contributed by atoms with Crippen LogP contribution < -0.4 is 0 Å². The number of nitrogens with zero attached hydrogens (tertiary/aromatic N) is 1. The normalized spacial score (nSPS) is 15.8. The summed E-state index contributed by atoms with van der Waals surface area (Å²) in [7, 11) is 0. The van der Waals surface area contributed by atoms with Crippen molar-refractivity contribution in [1.82, 2.24) is 4.90 Å². The van der Waals surface area contributed by atoms with Crippen LogP contribution in [0.3, 0.4) is 0 Å². The quantitative estimate of drug-likeness (QED) is 0.607. The second kappa shape index (κ2) is 5.48. The van der Waals surface area contributed by atoms with E-state index < -0.39 is 0 Å². The number of hydrogen-bond donors (Lipinski definition) is 0. The van der Waals surface area contributed by atoms with E-state index in [9.17, 15) is 4.79 Å². The lowest BCUT2D eigenvalue weighted by Gasteiger charge is -2.20. The maximum Gasteiger partial charge on any atom is 0.222 e. The molecule has 76 valence electrons. The zero-order valence-corrected chi connectivity index (χ0v) is 9.02. The molecular weight excluding hydrogens is 186 g/mol. The highest BCUT2D eigenvalue weighted by Crippen LogP contribution is 2.32. The fraction of sp³-hybridized carbons (Fsp3) is 0.900. The third-order valence-corrected chi connectivity index (χ3v) is 2.72. The SMILES string of the molecule is CCN(CCCCl)C(=O)CC1CC1. The molecule has 13 heavy (non-hydrogen) atoms. The van der Waals surface area contributed by atoms with Crippen LogP contribution in [0.5, 0.6) is 0 Å². The summed E-state index contributed by atoms with van der Waals surface area (Å²) in [5.41, 5.74) is 0. The predicted molar refractivity (Wildman–Crippen MR) is 54.9 cm³/mol. The molecule has 0 aromatic rings. The molecule has 0 N–H and O–H groups in total. The van der Waals surface area contributed by atoms with E-state index in [4.69, 9.17) is 11.6 Å². The minimum absolute atomic E-state index is 0.315. The van der Waals surface area contributed by atoms with Gasteiger partial charge in [-0.25, -0.2) is 0 Å². The summed E-state index contributed by atoms with van der Waals surface area (Å²) >= 11 is 5.59. The summed E-state index contributed by atoms with van der Waals surface area (Å²) in [4.78, 5) is 13.5. The Labute approximate surface area is 85.2 Å². The molecule has 0 aromatic carbocycles. The number of halogens is 1. The molecule has 0 saturated heterocycles. The largest absolute Gasteiger partial charge is 0.343 e. The average molecular weight is 204 g/mol. The van der Waals surface area contributed by atoms with E-state index in [-0.39, 0.29) is 0 Å². The number of amides is 1. The average Bonchev–Trinajstić information content (AvgIpc) is 2.90. The standard InChI is InChI=1S/C10H18ClNO/c1-2-12(7-3-6-11)10(13)8-9-4-5-9/h9H,2-8H2,1H3. The first-order valence-corrected chi connectivity index (χ1v) is 5.65. The van der Waals surface area contributed by atoms with E-state index in [1.165, 1.54) is 12.8 Å². The smallest absolute Gasteiger partial charge is 0.222 e. The number of carbonyl (C=O) groups excluding carboxylic acids is 1. The van der Waals surface area contributed by atoms with Gasteiger partial charge in [-0.2, -0.15) is 0 Å². The highest BCUT2D eigenvalue weighted by molar-refractivity contribution is 6.17. The van der Waals surface area contributed by atoms with Crippen molar-refractivity contribution in [3.8, 4) is 0 Å². The summed E-state index contributed by atoms with van der Waals surface area (Å²) in [6.45, 7) is 3.67. The summed E-state index contributed by atoms with van der Waals surface area (Å²) in [6.07, 6.45) is 4.17. The van der Waals surface area contributed by atoms with Crippen LogP contribution in [0.15, 0.2) is 0 Å². The van der Waals surface area contributed by atoms with E-state index in [1.807, 2.05) is 11.8 Å². The predicted octanol–water partition coefficient (Wildman–Crippen LogP) is 2.26. The van der Waals surface area contributed by atoms with Crippen LogP contribution in [0, 0.1) is 5.92 Å². The molecule has 0 heterocycles. The van der Waals surface area contributed by atoms with Gasteiger partial charge in [-0.3, -0.25) is 4.79 Å². The van der Waals surface area contributed by atoms with Crippen molar-refractivity contribution in [1.29, 1.82) is 0 Å². The molecule has 1 amide bonds. The second-order valence-electron chi connectivity index (χ2n) is 3.66. The highest BCUT2D eigenvalue weighted by atomic mass is 35.5. The minimum Gasteiger partial charge on any atom is -0.343 e. The van der Waals surface area contributed by atoms with Gasteiger partial charge in [-0.15, -0.1) is 11.6 Å². The minimum atomic E-state index is 0.315. The van der Waals surface area contributed by atoms with Crippen LogP contribution in [0.25, 0.3) is 0 Å². The second-order valence-corrected chi connectivity index (χ2v) is 4.04. The van der Waals surface area contributed by atoms with Crippen LogP contribution in [0.2, 0.25) is 0 Å². The Morgan fingerprint density at radius 1 is 1.54 bits per heavy atom. The topological polar surface area (TPSA) is 20.3 Å². The number of rotatable bonds is 6. The lowest BCUT2D eigenvalue weighted by atomic mass is 10.2. The number of hydrogen-bond acceptors (Lipinski definition) is 1. The van der Waals surface area contributed by atoms with Gasteiger partial charge in [0.2, 0.25) is 5.91 Å². The molecule has 0 unspecified atom stereocenters. The Morgan fingerprint density at radius 3 is 2.69 bits per heavy atom. The molecule has 1 fully saturated rings. The van der Waals surface area contributed by atoms with Crippen molar-refractivity contribution in [3.05, 3.63) is 0 Å². The molecule has 0 spiro atoms. The third kappa shape index (κ3) is 3.99. The zero-order valence-electron chi connectivity index (χ0n) is 8.26. The lowest BCUT2D eigenvalue weighted by Crippen LogP contribution is -2.32. The highest BCUT2D eigenvalue weighted by Gasteiger charge is 2.26. The maximum absolute atomic E-state index is 11.6. The first-order valence-electron chi connectivity index (χ1n) is 5.11. The monoisotopic (exact) mass is 203 g/mol. The van der Waals surface area contributed by atoms with Crippen LogP contribution in [0.4, 0.5) is 0 Å². The third-order valence-electron chi connectivity index (χ3n) is 2.46. The van der Waals surface area contributed by atoms with Crippen molar-refractivity contribution < 1.29 is 4.79 Å². The fourth-order valence-corrected chi connectivity index (χ4v) is 1.53. The van der Waals surface area contributed by atoms with Gasteiger partial charge in [0.25, 0.3) is 0 Å². The van der Waals surface area contributed by atoms with Crippen molar-refractivity contribution in [2.75, 3.05) is 19.0 Å². The molecule has 0 atom stereocenters. The van der Waals surface area contributed by atoms with Crippen molar-refractivity contribution in [2.45, 2.75) is 32.6 Å². The van der Waals surface area contributed by atoms with Gasteiger partial charge in [0.15, 0.2) is 0 Å². The first kappa shape index (κ1) is 10.8. The number of carbonyl (C=O) groups is 1. The molecule has 2 nitrogen and oxygen atoms in total. The van der Waals surface area contributed by atoms with Crippen LogP contribution in [0.1, 0.15) is 32.6 Å². The maximum atomic E-state index is 11.6. The van der Waals surface area contributed by atoms with Crippen molar-refractivity contribution in [2.24, 2.45) is 5.92 Å². The molecule has 3 heteroatoms. The Kier molecular flexibility index (Phi) is 4.57. The molecule has 1 aliphatic carbocycles. The molecular formula is C10H18ClNO. The van der Waals surface area contributed by atoms with E-state index in [0.29, 0.717) is 17.7 Å². The van der Waals surface area contributed by atoms with E-state index >= 15 is 0 Å². The molecule has 0 radical (unpaired) electrons. The molecule has 0 aliphatic heterocycles. The molecule has 0 aromatic heterocycles. The number of alkyl halides is 1. The summed E-state index contributed by atoms with van der Waals surface area (Å²) in [5, 5.41) is 0. The molecule has 0 bridgehead atoms. The fourth-order valence-electron chi connectivity index (χ4n) is 1.41. The molecule has 1 saturated carbocycles. The molecule has 1 aliphatic rings. The van der Waals surface area contributed by atoms with Crippen molar-refractivity contribution >= 4 is 17.5 Å². The van der Waals surface area contributed by atoms with E-state index in [0.717, 1.165) is 25.9 Å². The van der Waals surface area contributed by atoms with E-state index in [2.05, 4.69) is 0 Å². The Bertz CT molecular complexity index is 168. The van der Waals surface area contributed by atoms with Crippen LogP contribution in [-0.2, 0) is 4.79 Å². The van der Waals surface area contributed by atoms with Gasteiger partial charge in [0.1, 0.15) is 0 Å². The van der Waals surface area contributed by atoms with Crippen molar-refractivity contribution in [3.63, 3.8) is 0 Å². The van der Waals surface area contributed by atoms with Gasteiger partial charge < -0.3 is 4.90 Å². The van der Waals surface area contributed by atoms with Gasteiger partial charge in [-0.05, 0) is 32.1 Å². The van der Waals surface area contributed by atoms with Gasteiger partial charge in [-0.1, -0.05) is 0 Å². The Hall–Kier alpha value is -0.240. The summed E-state index contributed by atoms with van der Waals surface area (Å²) in [6, 6.07) is 0. The summed E-state index contributed by atoms with van der Waals surface area (Å²) < 4.78 is 0. The van der Waals surface area contributed by atoms with Gasteiger partial charge >= 0.3 is 0 Å². The summed E-state index contributed by atoms with van der Waals surface area (Å²) in [5.74, 6) is 1.65. The Morgan fingerprint density at radius 2 is 2.23 bits per heavy atom. The van der Waals surface area contributed by atoms with E-state index in [1.54, 1.807) is 0 Å². The Balaban J connectivity index is 2.21. The van der Waals surface area contributed by atoms with Crippen LogP contribution in [-0.4, -0.2) is 29.8 Å².